The van der Waals surface area contributed by atoms with Gasteiger partial charge in [0.05, 0.1) is 17.4 Å². The molecule has 4 N–H and O–H groups in total. The highest BCUT2D eigenvalue weighted by atomic mass is 16.7. The van der Waals surface area contributed by atoms with E-state index < -0.39 is 11.7 Å². The van der Waals surface area contributed by atoms with Crippen LogP contribution in [-0.4, -0.2) is 21.0 Å². The predicted octanol–water partition coefficient (Wildman–Crippen LogP) is 0.805. The molecule has 17 heavy (non-hydrogen) atoms. The van der Waals surface area contributed by atoms with Gasteiger partial charge in [0.1, 0.15) is 0 Å². The summed E-state index contributed by atoms with van der Waals surface area (Å²) < 4.78 is 5.44. The first-order chi connectivity index (χ1) is 8.08. The van der Waals surface area contributed by atoms with Crippen LogP contribution in [0.25, 0.3) is 5.69 Å². The van der Waals surface area contributed by atoms with Crippen molar-refractivity contribution in [3.8, 4) is 11.6 Å². The number of aromatic nitrogens is 2. The van der Waals surface area contributed by atoms with E-state index in [1.54, 1.807) is 24.3 Å². The molecule has 7 nitrogen and oxygen atoms in total. The Labute approximate surface area is 95.0 Å². The van der Waals surface area contributed by atoms with Gasteiger partial charge in [-0.15, -0.1) is 0 Å². The molecule has 0 unspecified atom stereocenters. The van der Waals surface area contributed by atoms with Crippen LogP contribution in [0.1, 0.15) is 0 Å². The first kappa shape index (κ1) is 10.8. The summed E-state index contributed by atoms with van der Waals surface area (Å²) in [5.41, 5.74) is 6.05. The van der Waals surface area contributed by atoms with Crippen molar-refractivity contribution in [3.63, 3.8) is 0 Å². The Hall–Kier alpha value is -2.70. The van der Waals surface area contributed by atoms with Crippen molar-refractivity contribution in [1.29, 1.82) is 0 Å². The minimum absolute atomic E-state index is 0.161. The van der Waals surface area contributed by atoms with Crippen molar-refractivity contribution in [2.45, 2.75) is 0 Å². The molecular formula is C10H9N3O4. The Kier molecular flexibility index (Phi) is 2.57. The summed E-state index contributed by atoms with van der Waals surface area (Å²) in [4.78, 5) is 21.9. The lowest BCUT2D eigenvalue weighted by Crippen LogP contribution is -2.14. The number of hydrogen-bond acceptors (Lipinski definition) is 4. The summed E-state index contributed by atoms with van der Waals surface area (Å²) in [5.74, 6) is -0.161. The zero-order valence-corrected chi connectivity index (χ0v) is 8.58. The van der Waals surface area contributed by atoms with Gasteiger partial charge in [0, 0.05) is 0 Å². The number of hydrogen-bond donors (Lipinski definition) is 3. The molecule has 0 aliphatic carbocycles. The highest BCUT2D eigenvalue weighted by Gasteiger charge is 2.10. The molecule has 0 bridgehead atoms. The van der Waals surface area contributed by atoms with Crippen molar-refractivity contribution in [1.82, 2.24) is 9.78 Å². The second-order valence-corrected chi connectivity index (χ2v) is 3.22. The van der Waals surface area contributed by atoms with Crippen molar-refractivity contribution in [3.05, 3.63) is 40.7 Å². The van der Waals surface area contributed by atoms with Crippen LogP contribution < -0.4 is 16.0 Å². The molecule has 1 aromatic carbocycles. The van der Waals surface area contributed by atoms with Gasteiger partial charge in [0.25, 0.3) is 5.56 Å². The molecule has 0 aliphatic heterocycles. The largest absolute Gasteiger partial charge is 0.512 e. The molecule has 0 saturated carbocycles. The standard InChI is InChI=1S/C10H9N3O4/c11-6-3-1-2-4-7(6)13-9(14)5-8(12-13)17-10(15)16/h1-5,12H,11H2,(H,15,16). The minimum Gasteiger partial charge on any atom is -0.449 e. The number of para-hydroxylation sites is 2. The van der Waals surface area contributed by atoms with Crippen molar-refractivity contribution in [2.24, 2.45) is 0 Å². The lowest BCUT2D eigenvalue weighted by molar-refractivity contribution is 0.142. The number of ether oxygens (including phenoxy) is 1. The number of aromatic amines is 1. The fourth-order valence-corrected chi connectivity index (χ4v) is 1.39. The van der Waals surface area contributed by atoms with Gasteiger partial charge in [-0.3, -0.25) is 9.89 Å². The average molecular weight is 235 g/mol. The maximum absolute atomic E-state index is 11.6. The fourth-order valence-electron chi connectivity index (χ4n) is 1.39. The van der Waals surface area contributed by atoms with Gasteiger partial charge < -0.3 is 15.6 Å². The second-order valence-electron chi connectivity index (χ2n) is 3.22. The van der Waals surface area contributed by atoms with Crippen molar-refractivity contribution in [2.75, 3.05) is 5.73 Å². The molecule has 1 aromatic heterocycles. The summed E-state index contributed by atoms with van der Waals surface area (Å²) in [6.07, 6.45) is -1.50. The number of benzene rings is 1. The smallest absolute Gasteiger partial charge is 0.449 e. The van der Waals surface area contributed by atoms with Crippen LogP contribution >= 0.6 is 0 Å². The van der Waals surface area contributed by atoms with Crippen LogP contribution in [0.15, 0.2) is 35.1 Å². The number of nitrogens with zero attached hydrogens (tertiary/aromatic N) is 1. The van der Waals surface area contributed by atoms with Gasteiger partial charge in [0.2, 0.25) is 5.88 Å². The van der Waals surface area contributed by atoms with E-state index in [0.717, 1.165) is 10.7 Å². The number of carbonyl (C=O) groups is 1. The van der Waals surface area contributed by atoms with Crippen molar-refractivity contribution >= 4 is 11.8 Å². The summed E-state index contributed by atoms with van der Waals surface area (Å²) in [5, 5.41) is 10.9. The maximum atomic E-state index is 11.6. The van der Waals surface area contributed by atoms with Crippen LogP contribution in [0, 0.1) is 0 Å². The lowest BCUT2D eigenvalue weighted by atomic mass is 10.3. The zero-order chi connectivity index (χ0) is 12.4. The third-order valence-corrected chi connectivity index (χ3v) is 2.07. The van der Waals surface area contributed by atoms with E-state index in [-0.39, 0.29) is 5.88 Å². The Morgan fingerprint density at radius 3 is 2.76 bits per heavy atom. The number of anilines is 1. The zero-order valence-electron chi connectivity index (χ0n) is 8.58. The first-order valence-corrected chi connectivity index (χ1v) is 4.65. The van der Waals surface area contributed by atoms with Crippen molar-refractivity contribution < 1.29 is 14.6 Å². The van der Waals surface area contributed by atoms with E-state index in [0.29, 0.717) is 11.4 Å². The van der Waals surface area contributed by atoms with Crippen LogP contribution in [0.3, 0.4) is 0 Å². The molecular weight excluding hydrogens is 226 g/mol. The molecule has 7 heteroatoms. The van der Waals surface area contributed by atoms with Crippen LogP contribution in [-0.2, 0) is 0 Å². The first-order valence-electron chi connectivity index (χ1n) is 4.65. The molecule has 1 heterocycles. The van der Waals surface area contributed by atoms with Gasteiger partial charge in [-0.2, -0.15) is 0 Å². The Morgan fingerprint density at radius 2 is 2.12 bits per heavy atom. The molecule has 0 fully saturated rings. The molecule has 0 atom stereocenters. The number of H-pyrrole nitrogens is 1. The maximum Gasteiger partial charge on any atom is 0.512 e. The van der Waals surface area contributed by atoms with E-state index in [4.69, 9.17) is 10.8 Å². The van der Waals surface area contributed by atoms with E-state index in [2.05, 4.69) is 9.84 Å². The van der Waals surface area contributed by atoms with Gasteiger partial charge >= 0.3 is 6.16 Å². The number of nitrogens with two attached hydrogens (primary N) is 1. The molecule has 88 valence electrons. The molecule has 2 rings (SSSR count). The monoisotopic (exact) mass is 235 g/mol. The Morgan fingerprint density at radius 1 is 1.41 bits per heavy atom. The van der Waals surface area contributed by atoms with E-state index >= 15 is 0 Å². The summed E-state index contributed by atoms with van der Waals surface area (Å²) in [6, 6.07) is 7.71. The van der Waals surface area contributed by atoms with Crippen LogP contribution in [0.5, 0.6) is 5.88 Å². The van der Waals surface area contributed by atoms with E-state index in [9.17, 15) is 9.59 Å². The van der Waals surface area contributed by atoms with Crippen LogP contribution in [0.2, 0.25) is 0 Å². The number of rotatable bonds is 2. The summed E-state index contributed by atoms with van der Waals surface area (Å²) in [6.45, 7) is 0. The number of nitrogen functional groups attached to an aromatic ring is 1. The Balaban J connectivity index is 2.47. The minimum atomic E-state index is -1.50. The topological polar surface area (TPSA) is 110 Å². The molecule has 2 aromatic rings. The predicted molar refractivity (Wildman–Crippen MR) is 59.5 cm³/mol. The highest BCUT2D eigenvalue weighted by Crippen LogP contribution is 2.15. The molecule has 0 saturated heterocycles. The molecule has 0 amide bonds. The van der Waals surface area contributed by atoms with Gasteiger partial charge in [0.15, 0.2) is 0 Å². The number of nitrogens with one attached hydrogen (secondary N) is 1. The number of carboxylic acid groups (broad SMARTS) is 1. The quantitative estimate of drug-likeness (QED) is 0.526. The van der Waals surface area contributed by atoms with E-state index in [1.807, 2.05) is 0 Å². The van der Waals surface area contributed by atoms with E-state index in [1.165, 1.54) is 0 Å². The van der Waals surface area contributed by atoms with Gasteiger partial charge in [-0.05, 0) is 12.1 Å². The molecule has 0 spiro atoms. The second kappa shape index (κ2) is 4.05. The lowest BCUT2D eigenvalue weighted by Gasteiger charge is -2.04. The van der Waals surface area contributed by atoms with Gasteiger partial charge in [-0.1, -0.05) is 12.1 Å². The molecule has 0 aliphatic rings. The normalized spacial score (nSPS) is 10.1. The third kappa shape index (κ3) is 2.12. The average Bonchev–Trinajstić information content (AvgIpc) is 2.59. The Bertz CT molecular complexity index is 614. The third-order valence-electron chi connectivity index (χ3n) is 2.07. The van der Waals surface area contributed by atoms with Gasteiger partial charge in [-0.25, -0.2) is 9.48 Å². The summed E-state index contributed by atoms with van der Waals surface area (Å²) >= 11 is 0. The summed E-state index contributed by atoms with van der Waals surface area (Å²) in [7, 11) is 0. The highest BCUT2D eigenvalue weighted by molar-refractivity contribution is 5.60. The SMILES string of the molecule is Nc1ccccc1-n1[nH]c(OC(=O)O)cc1=O. The van der Waals surface area contributed by atoms with Crippen LogP contribution in [0.4, 0.5) is 10.5 Å². The fraction of sp³-hybridized carbons (Fsp3) is 0. The molecule has 0 radical (unpaired) electrons.